The van der Waals surface area contributed by atoms with Crippen molar-refractivity contribution in [2.24, 2.45) is 0 Å². The van der Waals surface area contributed by atoms with E-state index in [9.17, 15) is 0 Å². The summed E-state index contributed by atoms with van der Waals surface area (Å²) in [7, 11) is 0. The zero-order valence-electron chi connectivity index (χ0n) is 18.6. The van der Waals surface area contributed by atoms with Crippen LogP contribution in [0.25, 0.3) is 0 Å². The van der Waals surface area contributed by atoms with E-state index in [1.807, 2.05) is 30.7 Å². The molecule has 3 aromatic rings. The number of hydrogen-bond acceptors (Lipinski definition) is 4. The molecule has 0 bridgehead atoms. The number of rotatable bonds is 6. The highest BCUT2D eigenvalue weighted by Crippen LogP contribution is 2.41. The summed E-state index contributed by atoms with van der Waals surface area (Å²) >= 11 is 5.83. The van der Waals surface area contributed by atoms with Crippen molar-refractivity contribution in [2.45, 2.75) is 51.4 Å². The predicted molar refractivity (Wildman–Crippen MR) is 128 cm³/mol. The Kier molecular flexibility index (Phi) is 5.93. The number of pyridine rings is 2. The number of nitrogens with one attached hydrogen (secondary N) is 1. The van der Waals surface area contributed by atoms with Crippen LogP contribution in [0, 0.1) is 13.8 Å². The second-order valence-electron chi connectivity index (χ2n) is 8.68. The Balaban J connectivity index is 1.53. The van der Waals surface area contributed by atoms with E-state index in [0.29, 0.717) is 0 Å². The first-order valence-corrected chi connectivity index (χ1v) is 11.7. The average Bonchev–Trinajstić information content (AvgIpc) is 3.51. The van der Waals surface area contributed by atoms with Crippen molar-refractivity contribution in [1.29, 1.82) is 0 Å². The summed E-state index contributed by atoms with van der Waals surface area (Å²) in [5.41, 5.74) is 6.04. The highest BCUT2D eigenvalue weighted by atomic mass is 32.1. The maximum absolute atomic E-state index is 5.97. The zero-order valence-corrected chi connectivity index (χ0v) is 19.4. The van der Waals surface area contributed by atoms with E-state index in [4.69, 9.17) is 17.0 Å². The molecule has 0 radical (unpaired) electrons. The summed E-state index contributed by atoms with van der Waals surface area (Å²) < 4.78 is 8.35. The molecule has 5 rings (SSSR count). The van der Waals surface area contributed by atoms with Gasteiger partial charge >= 0.3 is 0 Å². The van der Waals surface area contributed by atoms with Crippen molar-refractivity contribution in [2.75, 3.05) is 13.2 Å². The summed E-state index contributed by atoms with van der Waals surface area (Å²) in [6.45, 7) is 6.86. The second kappa shape index (κ2) is 9.00. The van der Waals surface area contributed by atoms with Gasteiger partial charge in [-0.25, -0.2) is 0 Å². The third kappa shape index (κ3) is 4.02. The van der Waals surface area contributed by atoms with Crippen molar-refractivity contribution < 1.29 is 4.74 Å². The molecule has 0 spiro atoms. The molecule has 0 aliphatic carbocycles. The first-order chi connectivity index (χ1) is 15.6. The Hall–Kier alpha value is -2.77. The highest BCUT2D eigenvalue weighted by Gasteiger charge is 2.42. The fourth-order valence-electron chi connectivity index (χ4n) is 4.99. The zero-order chi connectivity index (χ0) is 22.1. The molecule has 0 saturated carbocycles. The second-order valence-corrected chi connectivity index (χ2v) is 9.07. The van der Waals surface area contributed by atoms with Crippen LogP contribution in [-0.2, 0) is 11.3 Å². The van der Waals surface area contributed by atoms with Crippen molar-refractivity contribution in [3.63, 3.8) is 0 Å². The van der Waals surface area contributed by atoms with E-state index in [-0.39, 0.29) is 18.2 Å². The minimum atomic E-state index is -0.0000201. The maximum Gasteiger partial charge on any atom is 0.170 e. The molecule has 0 unspecified atom stereocenters. The first-order valence-electron chi connectivity index (χ1n) is 11.3. The Labute approximate surface area is 194 Å². The predicted octanol–water partition coefficient (Wildman–Crippen LogP) is 4.09. The SMILES string of the molecule is Cc1cc([C@H]2[C@H](c3ccccn3)NC(=S)N2C[C@@H]2CCCO2)c(C)n1Cc1ccncc1. The van der Waals surface area contributed by atoms with Crippen LogP contribution in [0.5, 0.6) is 0 Å². The number of thiocarbonyl (C=S) groups is 1. The number of nitrogens with zero attached hydrogens (tertiary/aromatic N) is 4. The van der Waals surface area contributed by atoms with E-state index < -0.39 is 0 Å². The van der Waals surface area contributed by atoms with Gasteiger partial charge in [-0.1, -0.05) is 6.07 Å². The standard InChI is InChI=1S/C25H29N5OS/c1-17-14-21(18(2)29(17)15-19-8-11-26-12-9-19)24-23(22-7-3-4-10-27-22)28-25(32)30(24)16-20-6-5-13-31-20/h3-4,7-12,14,20,23-24H,5-6,13,15-16H2,1-2H3,(H,28,32)/t20-,23-,24-/m0/s1. The van der Waals surface area contributed by atoms with Crippen molar-refractivity contribution in [3.8, 4) is 0 Å². The van der Waals surface area contributed by atoms with Crippen LogP contribution in [0.15, 0.2) is 55.0 Å². The fourth-order valence-corrected chi connectivity index (χ4v) is 5.30. The first kappa shape index (κ1) is 21.1. The molecule has 0 amide bonds. The van der Waals surface area contributed by atoms with Crippen molar-refractivity contribution in [3.05, 3.63) is 83.2 Å². The molecule has 2 fully saturated rings. The largest absolute Gasteiger partial charge is 0.376 e. The summed E-state index contributed by atoms with van der Waals surface area (Å²) in [4.78, 5) is 11.1. The van der Waals surface area contributed by atoms with Crippen LogP contribution < -0.4 is 5.32 Å². The summed E-state index contributed by atoms with van der Waals surface area (Å²) in [5, 5.41) is 4.35. The summed E-state index contributed by atoms with van der Waals surface area (Å²) in [6.07, 6.45) is 7.98. The van der Waals surface area contributed by atoms with E-state index in [1.54, 1.807) is 0 Å². The van der Waals surface area contributed by atoms with Crippen LogP contribution in [0.4, 0.5) is 0 Å². The molecule has 1 N–H and O–H groups in total. The average molecular weight is 448 g/mol. The van der Waals surface area contributed by atoms with Gasteiger partial charge in [0.2, 0.25) is 0 Å². The van der Waals surface area contributed by atoms with Crippen LogP contribution in [0.2, 0.25) is 0 Å². The van der Waals surface area contributed by atoms with Gasteiger partial charge in [0.1, 0.15) is 0 Å². The van der Waals surface area contributed by atoms with E-state index in [1.165, 1.54) is 22.5 Å². The number of aryl methyl sites for hydroxylation is 1. The lowest BCUT2D eigenvalue weighted by atomic mass is 9.96. The van der Waals surface area contributed by atoms with Gasteiger partial charge in [0.15, 0.2) is 5.11 Å². The molecule has 32 heavy (non-hydrogen) atoms. The molecule has 2 saturated heterocycles. The van der Waals surface area contributed by atoms with Gasteiger partial charge in [0.25, 0.3) is 0 Å². The van der Waals surface area contributed by atoms with Crippen LogP contribution in [0.3, 0.4) is 0 Å². The smallest absolute Gasteiger partial charge is 0.170 e. The van der Waals surface area contributed by atoms with Gasteiger partial charge in [0, 0.05) is 49.7 Å². The van der Waals surface area contributed by atoms with Gasteiger partial charge in [-0.3, -0.25) is 9.97 Å². The molecule has 3 aromatic heterocycles. The minimum Gasteiger partial charge on any atom is -0.376 e. The van der Waals surface area contributed by atoms with Gasteiger partial charge in [-0.15, -0.1) is 0 Å². The lowest BCUT2D eigenvalue weighted by Crippen LogP contribution is -2.36. The lowest BCUT2D eigenvalue weighted by molar-refractivity contribution is 0.0842. The Morgan fingerprint density at radius 3 is 2.72 bits per heavy atom. The highest BCUT2D eigenvalue weighted by molar-refractivity contribution is 7.80. The molecule has 166 valence electrons. The molecule has 3 atom stereocenters. The molecular weight excluding hydrogens is 418 g/mol. The van der Waals surface area contributed by atoms with Crippen molar-refractivity contribution >= 4 is 17.3 Å². The molecule has 2 aliphatic heterocycles. The normalized spacial score (nSPS) is 23.0. The van der Waals surface area contributed by atoms with Crippen LogP contribution in [0.1, 0.15) is 53.1 Å². The number of hydrogen-bond donors (Lipinski definition) is 1. The summed E-state index contributed by atoms with van der Waals surface area (Å²) in [6, 6.07) is 12.6. The molecule has 5 heterocycles. The third-order valence-electron chi connectivity index (χ3n) is 6.64. The fraction of sp³-hybridized carbons (Fsp3) is 0.400. The summed E-state index contributed by atoms with van der Waals surface area (Å²) in [5.74, 6) is 0. The molecular formula is C25H29N5OS. The van der Waals surface area contributed by atoms with Gasteiger partial charge < -0.3 is 19.5 Å². The quantitative estimate of drug-likeness (QED) is 0.575. The van der Waals surface area contributed by atoms with Crippen molar-refractivity contribution in [1.82, 2.24) is 24.8 Å². The third-order valence-corrected chi connectivity index (χ3v) is 7.00. The topological polar surface area (TPSA) is 55.2 Å². The maximum atomic E-state index is 5.97. The molecule has 2 aliphatic rings. The molecule has 7 heteroatoms. The molecule has 0 aromatic carbocycles. The van der Waals surface area contributed by atoms with E-state index >= 15 is 0 Å². The Bertz CT molecular complexity index is 1080. The number of aromatic nitrogens is 3. The monoisotopic (exact) mass is 447 g/mol. The van der Waals surface area contributed by atoms with E-state index in [0.717, 1.165) is 43.3 Å². The van der Waals surface area contributed by atoms with Gasteiger partial charge in [-0.05, 0) is 80.4 Å². The van der Waals surface area contributed by atoms with Crippen LogP contribution in [-0.4, -0.2) is 43.8 Å². The van der Waals surface area contributed by atoms with Gasteiger partial charge in [-0.2, -0.15) is 0 Å². The lowest BCUT2D eigenvalue weighted by Gasteiger charge is -2.30. The Morgan fingerprint density at radius 2 is 2.00 bits per heavy atom. The molecule has 6 nitrogen and oxygen atoms in total. The number of ether oxygens (including phenoxy) is 1. The van der Waals surface area contributed by atoms with Gasteiger partial charge in [0.05, 0.1) is 23.9 Å². The van der Waals surface area contributed by atoms with Crippen LogP contribution >= 0.6 is 12.2 Å². The minimum absolute atomic E-state index is 0.0000201. The van der Waals surface area contributed by atoms with E-state index in [2.05, 4.69) is 62.9 Å². The Morgan fingerprint density at radius 1 is 1.16 bits per heavy atom.